The molecule has 158 valence electrons. The molecule has 0 fully saturated rings. The molecular formula is C25H49N2+. The van der Waals surface area contributed by atoms with Crippen LogP contribution in [-0.2, 0) is 13.0 Å². The Kier molecular flexibility index (Phi) is 14.5. The van der Waals surface area contributed by atoms with Crippen LogP contribution >= 0.6 is 0 Å². The Labute approximate surface area is 170 Å². The van der Waals surface area contributed by atoms with E-state index in [4.69, 9.17) is 0 Å². The minimum atomic E-state index is 0.572. The van der Waals surface area contributed by atoms with Crippen molar-refractivity contribution < 1.29 is 4.57 Å². The molecule has 1 heterocycles. The fraction of sp³-hybridized carbons (Fsp3) is 0.880. The highest BCUT2D eigenvalue weighted by Crippen LogP contribution is 2.13. The molecule has 0 bridgehead atoms. The molecule has 0 spiro atoms. The van der Waals surface area contributed by atoms with E-state index in [-0.39, 0.29) is 0 Å². The average Bonchev–Trinajstić information content (AvgIpc) is 3.08. The number of imidazole rings is 1. The van der Waals surface area contributed by atoms with Crippen LogP contribution in [0.4, 0.5) is 0 Å². The predicted molar refractivity (Wildman–Crippen MR) is 119 cm³/mol. The van der Waals surface area contributed by atoms with E-state index in [1.807, 2.05) is 0 Å². The van der Waals surface area contributed by atoms with Crippen LogP contribution in [0.2, 0.25) is 0 Å². The van der Waals surface area contributed by atoms with E-state index in [0.717, 1.165) is 6.42 Å². The Morgan fingerprint density at radius 3 is 1.56 bits per heavy atom. The molecule has 0 atom stereocenters. The lowest BCUT2D eigenvalue weighted by molar-refractivity contribution is -0.704. The van der Waals surface area contributed by atoms with Gasteiger partial charge in [-0.2, -0.15) is 0 Å². The van der Waals surface area contributed by atoms with Crippen molar-refractivity contribution in [1.29, 1.82) is 0 Å². The SMILES string of the molecule is CCCCCCCCCCCCCCCCC[n+]1ccn(C(C)C)c1CC. The monoisotopic (exact) mass is 377 g/mol. The summed E-state index contributed by atoms with van der Waals surface area (Å²) in [4.78, 5) is 0. The summed E-state index contributed by atoms with van der Waals surface area (Å²) in [6.07, 6.45) is 27.2. The smallest absolute Gasteiger partial charge is 0.234 e. The molecule has 1 aromatic heterocycles. The first-order valence-corrected chi connectivity index (χ1v) is 12.3. The van der Waals surface area contributed by atoms with Gasteiger partial charge in [-0.05, 0) is 26.7 Å². The van der Waals surface area contributed by atoms with Crippen LogP contribution in [0.5, 0.6) is 0 Å². The highest BCUT2D eigenvalue weighted by Gasteiger charge is 2.16. The van der Waals surface area contributed by atoms with Gasteiger partial charge in [0.25, 0.3) is 5.82 Å². The zero-order chi connectivity index (χ0) is 19.7. The highest BCUT2D eigenvalue weighted by atomic mass is 15.2. The summed E-state index contributed by atoms with van der Waals surface area (Å²) in [6, 6.07) is 0.572. The van der Waals surface area contributed by atoms with Crippen molar-refractivity contribution >= 4 is 0 Å². The van der Waals surface area contributed by atoms with Gasteiger partial charge in [-0.25, -0.2) is 9.13 Å². The lowest BCUT2D eigenvalue weighted by atomic mass is 10.0. The second kappa shape index (κ2) is 16.2. The van der Waals surface area contributed by atoms with E-state index in [9.17, 15) is 0 Å². The van der Waals surface area contributed by atoms with E-state index in [0.29, 0.717) is 6.04 Å². The van der Waals surface area contributed by atoms with E-state index < -0.39 is 0 Å². The minimum Gasteiger partial charge on any atom is -0.234 e. The topological polar surface area (TPSA) is 8.81 Å². The molecule has 0 saturated heterocycles. The molecule has 0 saturated carbocycles. The number of hydrogen-bond donors (Lipinski definition) is 0. The summed E-state index contributed by atoms with van der Waals surface area (Å²) in [5.41, 5.74) is 0. The van der Waals surface area contributed by atoms with Crippen molar-refractivity contribution in [2.24, 2.45) is 0 Å². The van der Waals surface area contributed by atoms with Crippen LogP contribution in [0.25, 0.3) is 0 Å². The Hall–Kier alpha value is -0.790. The molecule has 2 heteroatoms. The highest BCUT2D eigenvalue weighted by molar-refractivity contribution is 4.85. The van der Waals surface area contributed by atoms with E-state index in [1.165, 1.54) is 109 Å². The lowest BCUT2D eigenvalue weighted by Crippen LogP contribution is -2.37. The van der Waals surface area contributed by atoms with Gasteiger partial charge in [-0.1, -0.05) is 97.3 Å². The molecule has 27 heavy (non-hydrogen) atoms. The first-order chi connectivity index (χ1) is 13.2. The van der Waals surface area contributed by atoms with Gasteiger partial charge in [0.15, 0.2) is 0 Å². The summed E-state index contributed by atoms with van der Waals surface area (Å²) in [5.74, 6) is 1.48. The van der Waals surface area contributed by atoms with Gasteiger partial charge in [0.2, 0.25) is 0 Å². The summed E-state index contributed by atoms with van der Waals surface area (Å²) in [7, 11) is 0. The molecule has 0 aliphatic carbocycles. The number of hydrogen-bond acceptors (Lipinski definition) is 0. The molecule has 1 rings (SSSR count). The third-order valence-electron chi connectivity index (χ3n) is 5.91. The first-order valence-electron chi connectivity index (χ1n) is 12.3. The number of aromatic nitrogens is 2. The van der Waals surface area contributed by atoms with Crippen molar-refractivity contribution in [2.45, 2.75) is 143 Å². The third kappa shape index (κ3) is 11.0. The van der Waals surface area contributed by atoms with Crippen LogP contribution in [0.1, 0.15) is 136 Å². The van der Waals surface area contributed by atoms with E-state index in [2.05, 4.69) is 49.2 Å². The van der Waals surface area contributed by atoms with Crippen LogP contribution < -0.4 is 4.57 Å². The van der Waals surface area contributed by atoms with Crippen LogP contribution in [0.15, 0.2) is 12.4 Å². The number of unbranched alkanes of at least 4 members (excludes halogenated alkanes) is 14. The molecule has 0 unspecified atom stereocenters. The Morgan fingerprint density at radius 1 is 0.704 bits per heavy atom. The van der Waals surface area contributed by atoms with Crippen molar-refractivity contribution in [3.05, 3.63) is 18.2 Å². The largest absolute Gasteiger partial charge is 0.256 e. The summed E-state index contributed by atoms with van der Waals surface area (Å²) >= 11 is 0. The molecule has 0 radical (unpaired) electrons. The average molecular weight is 378 g/mol. The number of nitrogens with zero attached hydrogens (tertiary/aromatic N) is 2. The maximum absolute atomic E-state index is 2.47. The molecule has 2 nitrogen and oxygen atoms in total. The third-order valence-corrected chi connectivity index (χ3v) is 5.91. The molecule has 0 amide bonds. The Morgan fingerprint density at radius 2 is 1.15 bits per heavy atom. The summed E-state index contributed by atoms with van der Waals surface area (Å²) in [5, 5.41) is 0. The van der Waals surface area contributed by atoms with Crippen molar-refractivity contribution in [3.8, 4) is 0 Å². The van der Waals surface area contributed by atoms with Crippen LogP contribution in [-0.4, -0.2) is 4.57 Å². The molecule has 0 aliphatic rings. The molecule has 0 N–H and O–H groups in total. The van der Waals surface area contributed by atoms with Gasteiger partial charge in [-0.3, -0.25) is 0 Å². The van der Waals surface area contributed by atoms with Crippen LogP contribution in [0.3, 0.4) is 0 Å². The Bertz CT molecular complexity index is 447. The van der Waals surface area contributed by atoms with Crippen molar-refractivity contribution in [2.75, 3.05) is 0 Å². The zero-order valence-electron chi connectivity index (χ0n) is 19.1. The maximum Gasteiger partial charge on any atom is 0.256 e. The molecule has 0 aromatic carbocycles. The van der Waals surface area contributed by atoms with Crippen molar-refractivity contribution in [3.63, 3.8) is 0 Å². The second-order valence-corrected chi connectivity index (χ2v) is 8.71. The molecule has 0 aliphatic heterocycles. The quantitative estimate of drug-likeness (QED) is 0.182. The van der Waals surface area contributed by atoms with Gasteiger partial charge in [0, 0.05) is 6.42 Å². The number of aryl methyl sites for hydroxylation is 1. The van der Waals surface area contributed by atoms with Gasteiger partial charge in [0.1, 0.15) is 12.4 Å². The van der Waals surface area contributed by atoms with Gasteiger partial charge in [-0.15, -0.1) is 0 Å². The second-order valence-electron chi connectivity index (χ2n) is 8.71. The molecular weight excluding hydrogens is 328 g/mol. The molecule has 1 aromatic rings. The Balaban J connectivity index is 1.91. The minimum absolute atomic E-state index is 0.572. The van der Waals surface area contributed by atoms with Gasteiger partial charge < -0.3 is 0 Å². The van der Waals surface area contributed by atoms with Crippen molar-refractivity contribution in [1.82, 2.24) is 4.57 Å². The first kappa shape index (κ1) is 24.2. The summed E-state index contributed by atoms with van der Waals surface area (Å²) < 4.78 is 4.90. The van der Waals surface area contributed by atoms with E-state index in [1.54, 1.807) is 0 Å². The maximum atomic E-state index is 2.47. The number of rotatable bonds is 18. The van der Waals surface area contributed by atoms with Gasteiger partial charge >= 0.3 is 0 Å². The fourth-order valence-electron chi connectivity index (χ4n) is 4.19. The van der Waals surface area contributed by atoms with E-state index >= 15 is 0 Å². The van der Waals surface area contributed by atoms with Gasteiger partial charge in [0.05, 0.1) is 12.6 Å². The lowest BCUT2D eigenvalue weighted by Gasteiger charge is -2.06. The standard InChI is InChI=1S/C25H49N2/c1-5-7-8-9-10-11-12-13-14-15-16-17-18-19-20-21-26-22-23-27(24(3)4)25(26)6-2/h22-24H,5-21H2,1-4H3/q+1. The normalized spacial score (nSPS) is 11.6. The van der Waals surface area contributed by atoms with Crippen LogP contribution in [0, 0.1) is 0 Å². The predicted octanol–water partition coefficient (Wildman–Crippen LogP) is 7.79. The fourth-order valence-corrected chi connectivity index (χ4v) is 4.19. The zero-order valence-corrected chi connectivity index (χ0v) is 19.1. The summed E-state index contributed by atoms with van der Waals surface area (Å²) in [6.45, 7) is 10.3.